The molecule has 3 rings (SSSR count). The molecule has 0 spiro atoms. The summed E-state index contributed by atoms with van der Waals surface area (Å²) in [4.78, 5) is 24.3. The van der Waals surface area contributed by atoms with Crippen molar-refractivity contribution in [2.75, 3.05) is 11.4 Å². The van der Waals surface area contributed by atoms with Crippen LogP contribution in [0.1, 0.15) is 12.8 Å². The van der Waals surface area contributed by atoms with Crippen LogP contribution in [0.5, 0.6) is 0 Å². The fourth-order valence-corrected chi connectivity index (χ4v) is 2.68. The Morgan fingerprint density at radius 3 is 2.91 bits per heavy atom. The molecule has 22 heavy (non-hydrogen) atoms. The van der Waals surface area contributed by atoms with Crippen molar-refractivity contribution in [1.29, 1.82) is 0 Å². The first-order valence-electron chi connectivity index (χ1n) is 6.90. The van der Waals surface area contributed by atoms with Crippen molar-refractivity contribution in [2.45, 2.75) is 19.4 Å². The highest BCUT2D eigenvalue weighted by molar-refractivity contribution is 6.30. The lowest BCUT2D eigenvalue weighted by Gasteiger charge is -2.26. The molecule has 1 aliphatic heterocycles. The highest BCUT2D eigenvalue weighted by Crippen LogP contribution is 2.29. The third kappa shape index (κ3) is 2.82. The van der Waals surface area contributed by atoms with E-state index in [0.29, 0.717) is 29.5 Å². The number of carboxylic acid groups (broad SMARTS) is 1. The number of aromatic nitrogens is 2. The topological polar surface area (TPSA) is 75.4 Å². The van der Waals surface area contributed by atoms with Gasteiger partial charge >= 0.3 is 5.97 Å². The summed E-state index contributed by atoms with van der Waals surface area (Å²) < 4.78 is 1.74. The van der Waals surface area contributed by atoms with Crippen LogP contribution in [0.25, 0.3) is 11.3 Å². The van der Waals surface area contributed by atoms with Gasteiger partial charge in [-0.3, -0.25) is 14.5 Å². The monoisotopic (exact) mass is 319 g/mol. The number of rotatable bonds is 4. The van der Waals surface area contributed by atoms with Crippen LogP contribution < -0.4 is 4.90 Å². The van der Waals surface area contributed by atoms with E-state index in [1.165, 1.54) is 4.90 Å². The zero-order valence-electron chi connectivity index (χ0n) is 11.7. The van der Waals surface area contributed by atoms with Crippen LogP contribution in [0.3, 0.4) is 0 Å². The van der Waals surface area contributed by atoms with Gasteiger partial charge in [0.25, 0.3) is 0 Å². The molecule has 1 aromatic carbocycles. The molecule has 0 atom stereocenters. The Kier molecular flexibility index (Phi) is 3.85. The van der Waals surface area contributed by atoms with E-state index in [9.17, 15) is 9.59 Å². The highest BCUT2D eigenvalue weighted by atomic mass is 35.5. The summed E-state index contributed by atoms with van der Waals surface area (Å²) in [6.45, 7) is 0.646. The summed E-state index contributed by atoms with van der Waals surface area (Å²) in [6, 6.07) is 9.11. The first-order valence-corrected chi connectivity index (χ1v) is 7.28. The number of aliphatic carboxylic acids is 1. The summed E-state index contributed by atoms with van der Waals surface area (Å²) >= 11 is 5.99. The number of carboxylic acids is 1. The Bertz CT molecular complexity index is 741. The minimum absolute atomic E-state index is 0.0775. The van der Waals surface area contributed by atoms with Gasteiger partial charge in [-0.15, -0.1) is 0 Å². The highest BCUT2D eigenvalue weighted by Gasteiger charge is 2.26. The molecule has 1 N–H and O–H groups in total. The predicted molar refractivity (Wildman–Crippen MR) is 81.9 cm³/mol. The van der Waals surface area contributed by atoms with E-state index in [-0.39, 0.29) is 18.9 Å². The van der Waals surface area contributed by atoms with Crippen LogP contribution in [0.2, 0.25) is 5.02 Å². The van der Waals surface area contributed by atoms with Gasteiger partial charge in [0.15, 0.2) is 0 Å². The van der Waals surface area contributed by atoms with E-state index < -0.39 is 5.97 Å². The number of halogens is 1. The summed E-state index contributed by atoms with van der Waals surface area (Å²) in [5, 5.41) is 13.9. The molecule has 0 saturated heterocycles. The molecule has 0 aliphatic carbocycles. The van der Waals surface area contributed by atoms with Crippen LogP contribution in [0.15, 0.2) is 30.3 Å². The third-order valence-corrected chi connectivity index (χ3v) is 3.78. The molecule has 2 heterocycles. The molecule has 2 aromatic rings. The summed E-state index contributed by atoms with van der Waals surface area (Å²) in [6.07, 6.45) is 0.229. The van der Waals surface area contributed by atoms with Crippen molar-refractivity contribution in [1.82, 2.24) is 9.78 Å². The number of nitrogens with zero attached hydrogens (tertiary/aromatic N) is 3. The molecule has 7 heteroatoms. The number of fused-ring (bicyclic) bond motifs is 1. The van der Waals surface area contributed by atoms with Gasteiger partial charge in [-0.25, -0.2) is 4.68 Å². The number of carbonyl (C=O) groups excluding carboxylic acids is 1. The lowest BCUT2D eigenvalue weighted by atomic mass is 10.1. The fourth-order valence-electron chi connectivity index (χ4n) is 2.49. The van der Waals surface area contributed by atoms with E-state index in [1.807, 2.05) is 12.1 Å². The smallest absolute Gasteiger partial charge is 0.305 e. The normalized spacial score (nSPS) is 14.0. The maximum atomic E-state index is 12.0. The van der Waals surface area contributed by atoms with Gasteiger partial charge in [0.1, 0.15) is 5.82 Å². The molecule has 0 radical (unpaired) electrons. The molecule has 0 bridgehead atoms. The Labute approximate surface area is 131 Å². The average molecular weight is 320 g/mol. The maximum Gasteiger partial charge on any atom is 0.305 e. The lowest BCUT2D eigenvalue weighted by molar-refractivity contribution is -0.136. The van der Waals surface area contributed by atoms with Crippen molar-refractivity contribution in [3.05, 3.63) is 35.4 Å². The Hall–Kier alpha value is -2.34. The molecule has 0 saturated carbocycles. The van der Waals surface area contributed by atoms with Gasteiger partial charge in [-0.2, -0.15) is 5.10 Å². The van der Waals surface area contributed by atoms with Crippen molar-refractivity contribution in [2.24, 2.45) is 0 Å². The van der Waals surface area contributed by atoms with Gasteiger partial charge in [-0.1, -0.05) is 23.7 Å². The average Bonchev–Trinajstić information content (AvgIpc) is 2.90. The van der Waals surface area contributed by atoms with E-state index in [0.717, 1.165) is 5.56 Å². The molecular weight excluding hydrogens is 306 g/mol. The van der Waals surface area contributed by atoms with E-state index in [2.05, 4.69) is 5.10 Å². The number of aryl methyl sites for hydroxylation is 1. The van der Waals surface area contributed by atoms with Crippen LogP contribution >= 0.6 is 11.6 Å². The maximum absolute atomic E-state index is 12.0. The van der Waals surface area contributed by atoms with Crippen LogP contribution in [0, 0.1) is 0 Å². The first-order chi connectivity index (χ1) is 10.5. The predicted octanol–water partition coefficient (Wildman–Crippen LogP) is 2.41. The first kappa shape index (κ1) is 14.6. The van der Waals surface area contributed by atoms with Crippen molar-refractivity contribution >= 4 is 29.3 Å². The Balaban J connectivity index is 1.94. The number of benzene rings is 1. The van der Waals surface area contributed by atoms with E-state index in [4.69, 9.17) is 16.7 Å². The summed E-state index contributed by atoms with van der Waals surface area (Å²) in [5.74, 6) is -0.377. The van der Waals surface area contributed by atoms with Gasteiger partial charge in [0.2, 0.25) is 5.91 Å². The van der Waals surface area contributed by atoms with Crippen molar-refractivity contribution in [3.63, 3.8) is 0 Å². The van der Waals surface area contributed by atoms with Gasteiger partial charge in [0, 0.05) is 29.6 Å². The zero-order chi connectivity index (χ0) is 15.7. The molecular formula is C15H14ClN3O3. The summed E-state index contributed by atoms with van der Waals surface area (Å²) in [7, 11) is 0. The number of hydrogen-bond acceptors (Lipinski definition) is 3. The minimum atomic E-state index is -0.931. The molecule has 6 nitrogen and oxygen atoms in total. The molecule has 0 fully saturated rings. The van der Waals surface area contributed by atoms with Gasteiger partial charge < -0.3 is 5.11 Å². The van der Waals surface area contributed by atoms with Crippen molar-refractivity contribution in [3.8, 4) is 11.3 Å². The van der Waals surface area contributed by atoms with Crippen LogP contribution in [-0.4, -0.2) is 33.3 Å². The van der Waals surface area contributed by atoms with E-state index >= 15 is 0 Å². The molecule has 1 amide bonds. The number of amides is 1. The largest absolute Gasteiger partial charge is 0.481 e. The van der Waals surface area contributed by atoms with Crippen molar-refractivity contribution < 1.29 is 14.7 Å². The van der Waals surface area contributed by atoms with E-state index in [1.54, 1.807) is 22.9 Å². The zero-order valence-corrected chi connectivity index (χ0v) is 12.5. The molecule has 114 valence electrons. The number of hydrogen-bond donors (Lipinski definition) is 1. The molecule has 1 aromatic heterocycles. The SMILES string of the molecule is O=C(O)CCN1C(=O)CCn2nc(-c3cccc(Cl)c3)cc21. The number of anilines is 1. The Morgan fingerprint density at radius 2 is 2.18 bits per heavy atom. The molecule has 0 unspecified atom stereocenters. The second-order valence-electron chi connectivity index (χ2n) is 5.06. The Morgan fingerprint density at radius 1 is 1.36 bits per heavy atom. The minimum Gasteiger partial charge on any atom is -0.481 e. The second-order valence-corrected chi connectivity index (χ2v) is 5.50. The van der Waals surface area contributed by atoms with Crippen LogP contribution in [0.4, 0.5) is 5.82 Å². The second kappa shape index (κ2) is 5.81. The standard InChI is InChI=1S/C15H14ClN3O3/c16-11-3-1-2-10(8-11)12-9-13-18(6-5-15(21)22)14(20)4-7-19(13)17-12/h1-3,8-9H,4-7H2,(H,21,22). The van der Waals surface area contributed by atoms with Gasteiger partial charge in [0.05, 0.1) is 18.7 Å². The number of carbonyl (C=O) groups is 2. The lowest BCUT2D eigenvalue weighted by Crippen LogP contribution is -2.38. The third-order valence-electron chi connectivity index (χ3n) is 3.54. The summed E-state index contributed by atoms with van der Waals surface area (Å²) in [5.41, 5.74) is 1.58. The van der Waals surface area contributed by atoms with Crippen LogP contribution in [-0.2, 0) is 16.1 Å². The molecule has 1 aliphatic rings. The van der Waals surface area contributed by atoms with Gasteiger partial charge in [-0.05, 0) is 12.1 Å². The fraction of sp³-hybridized carbons (Fsp3) is 0.267. The quantitative estimate of drug-likeness (QED) is 0.939.